The van der Waals surface area contributed by atoms with Crippen LogP contribution in [-0.2, 0) is 4.74 Å². The molecule has 1 saturated carbocycles. The van der Waals surface area contributed by atoms with E-state index in [9.17, 15) is 4.79 Å². The molecule has 2 rings (SSSR count). The van der Waals surface area contributed by atoms with Gasteiger partial charge in [0, 0.05) is 11.4 Å². The van der Waals surface area contributed by atoms with Crippen LogP contribution in [0.15, 0.2) is 0 Å². The Balaban J connectivity index is 2.02. The first-order valence-corrected chi connectivity index (χ1v) is 5.82. The van der Waals surface area contributed by atoms with Gasteiger partial charge in [-0.25, -0.2) is 9.78 Å². The fourth-order valence-electron chi connectivity index (χ4n) is 1.31. The number of esters is 1. The molecular formula is C10H14N2O2S. The smallest absolute Gasteiger partial charge is 0.357 e. The summed E-state index contributed by atoms with van der Waals surface area (Å²) < 4.78 is 4.65. The highest BCUT2D eigenvalue weighted by atomic mass is 32.1. The van der Waals surface area contributed by atoms with Gasteiger partial charge in [0.1, 0.15) is 0 Å². The predicted molar refractivity (Wildman–Crippen MR) is 59.4 cm³/mol. The Hall–Kier alpha value is -1.10. The Morgan fingerprint density at radius 2 is 2.40 bits per heavy atom. The van der Waals surface area contributed by atoms with Crippen molar-refractivity contribution >= 4 is 22.4 Å². The average Bonchev–Trinajstić information content (AvgIpc) is 2.98. The van der Waals surface area contributed by atoms with Crippen LogP contribution in [-0.4, -0.2) is 24.6 Å². The maximum Gasteiger partial charge on any atom is 0.357 e. The molecule has 0 radical (unpaired) electrons. The summed E-state index contributed by atoms with van der Waals surface area (Å²) in [7, 11) is 1.37. The number of methoxy groups -OCH3 is 1. The topological polar surface area (TPSA) is 51.2 Å². The first kappa shape index (κ1) is 10.4. The number of aromatic nitrogens is 1. The SMILES string of the molecule is COC(=O)c1nc(NCC2CC2)sc1C. The molecule has 1 aliphatic rings. The molecule has 0 atom stereocenters. The quantitative estimate of drug-likeness (QED) is 0.798. The van der Waals surface area contributed by atoms with Crippen molar-refractivity contribution in [2.45, 2.75) is 19.8 Å². The van der Waals surface area contributed by atoms with E-state index in [4.69, 9.17) is 0 Å². The predicted octanol–water partition coefficient (Wildman–Crippen LogP) is 2.06. The Labute approximate surface area is 92.7 Å². The monoisotopic (exact) mass is 226 g/mol. The summed E-state index contributed by atoms with van der Waals surface area (Å²) in [5.74, 6) is 0.444. The van der Waals surface area contributed by atoms with Crippen LogP contribution in [0.2, 0.25) is 0 Å². The second-order valence-corrected chi connectivity index (χ2v) is 4.94. The molecule has 82 valence electrons. The van der Waals surface area contributed by atoms with Gasteiger partial charge in [0.05, 0.1) is 7.11 Å². The van der Waals surface area contributed by atoms with Crippen LogP contribution in [0.25, 0.3) is 0 Å². The number of nitrogens with one attached hydrogen (secondary N) is 1. The molecule has 0 saturated heterocycles. The number of anilines is 1. The molecule has 0 amide bonds. The van der Waals surface area contributed by atoms with Gasteiger partial charge in [-0.15, -0.1) is 11.3 Å². The zero-order valence-electron chi connectivity index (χ0n) is 8.87. The molecule has 0 aromatic carbocycles. The lowest BCUT2D eigenvalue weighted by Crippen LogP contribution is -2.05. The van der Waals surface area contributed by atoms with Crippen molar-refractivity contribution in [3.63, 3.8) is 0 Å². The van der Waals surface area contributed by atoms with Crippen molar-refractivity contribution in [2.24, 2.45) is 5.92 Å². The Morgan fingerprint density at radius 3 is 3.00 bits per heavy atom. The van der Waals surface area contributed by atoms with Crippen molar-refractivity contribution < 1.29 is 9.53 Å². The number of hydrogen-bond donors (Lipinski definition) is 1. The van der Waals surface area contributed by atoms with Crippen molar-refractivity contribution in [1.29, 1.82) is 0 Å². The van der Waals surface area contributed by atoms with Gasteiger partial charge >= 0.3 is 5.97 Å². The van der Waals surface area contributed by atoms with Crippen LogP contribution in [0.3, 0.4) is 0 Å². The molecule has 15 heavy (non-hydrogen) atoms. The van der Waals surface area contributed by atoms with Gasteiger partial charge in [-0.3, -0.25) is 0 Å². The lowest BCUT2D eigenvalue weighted by Gasteiger charge is -1.98. The van der Waals surface area contributed by atoms with E-state index in [0.717, 1.165) is 22.5 Å². The standard InChI is InChI=1S/C10H14N2O2S/c1-6-8(9(13)14-2)12-10(15-6)11-5-7-3-4-7/h7H,3-5H2,1-2H3,(H,11,12). The summed E-state index contributed by atoms with van der Waals surface area (Å²) >= 11 is 1.50. The minimum Gasteiger partial charge on any atom is -0.464 e. The minimum absolute atomic E-state index is 0.358. The molecule has 1 heterocycles. The van der Waals surface area contributed by atoms with Crippen LogP contribution < -0.4 is 5.32 Å². The molecule has 1 aliphatic carbocycles. The number of ether oxygens (including phenoxy) is 1. The highest BCUT2D eigenvalue weighted by molar-refractivity contribution is 7.15. The van der Waals surface area contributed by atoms with Gasteiger partial charge < -0.3 is 10.1 Å². The fraction of sp³-hybridized carbons (Fsp3) is 0.600. The molecule has 1 N–H and O–H groups in total. The summed E-state index contributed by atoms with van der Waals surface area (Å²) in [5.41, 5.74) is 0.431. The van der Waals surface area contributed by atoms with E-state index in [-0.39, 0.29) is 5.97 Å². The third-order valence-electron chi connectivity index (χ3n) is 2.41. The van der Waals surface area contributed by atoms with Crippen LogP contribution in [0.1, 0.15) is 28.2 Å². The van der Waals surface area contributed by atoms with Gasteiger partial charge in [0.15, 0.2) is 10.8 Å². The number of aryl methyl sites for hydroxylation is 1. The van der Waals surface area contributed by atoms with Crippen molar-refractivity contribution in [2.75, 3.05) is 19.0 Å². The second-order valence-electron chi connectivity index (χ2n) is 3.74. The summed E-state index contributed by atoms with van der Waals surface area (Å²) in [4.78, 5) is 16.4. The zero-order chi connectivity index (χ0) is 10.8. The van der Waals surface area contributed by atoms with Crippen molar-refractivity contribution in [3.8, 4) is 0 Å². The lowest BCUT2D eigenvalue weighted by atomic mass is 10.4. The highest BCUT2D eigenvalue weighted by Gasteiger charge is 2.22. The van der Waals surface area contributed by atoms with Gasteiger partial charge in [-0.05, 0) is 25.7 Å². The number of rotatable bonds is 4. The number of carbonyl (C=O) groups is 1. The fourth-order valence-corrected chi connectivity index (χ4v) is 2.12. The van der Waals surface area contributed by atoms with E-state index in [1.54, 1.807) is 0 Å². The Morgan fingerprint density at radius 1 is 1.67 bits per heavy atom. The Bertz CT molecular complexity index is 371. The molecule has 0 spiro atoms. The maximum atomic E-state index is 11.3. The second kappa shape index (κ2) is 4.18. The molecule has 1 aromatic heterocycles. The van der Waals surface area contributed by atoms with Gasteiger partial charge in [-0.1, -0.05) is 0 Å². The van der Waals surface area contributed by atoms with Crippen molar-refractivity contribution in [1.82, 2.24) is 4.98 Å². The first-order chi connectivity index (χ1) is 7.20. The zero-order valence-corrected chi connectivity index (χ0v) is 9.69. The number of hydrogen-bond acceptors (Lipinski definition) is 5. The molecule has 0 unspecified atom stereocenters. The molecule has 1 fully saturated rings. The maximum absolute atomic E-state index is 11.3. The lowest BCUT2D eigenvalue weighted by molar-refractivity contribution is 0.0594. The van der Waals surface area contributed by atoms with Crippen LogP contribution in [0.4, 0.5) is 5.13 Å². The molecule has 4 nitrogen and oxygen atoms in total. The van der Waals surface area contributed by atoms with Gasteiger partial charge in [0.25, 0.3) is 0 Å². The average molecular weight is 226 g/mol. The van der Waals surface area contributed by atoms with Gasteiger partial charge in [0.2, 0.25) is 0 Å². The molecule has 0 aliphatic heterocycles. The highest BCUT2D eigenvalue weighted by Crippen LogP contribution is 2.30. The normalized spacial score (nSPS) is 15.1. The van der Waals surface area contributed by atoms with Crippen LogP contribution in [0.5, 0.6) is 0 Å². The van der Waals surface area contributed by atoms with Crippen molar-refractivity contribution in [3.05, 3.63) is 10.6 Å². The largest absolute Gasteiger partial charge is 0.464 e. The molecule has 1 aromatic rings. The van der Waals surface area contributed by atoms with E-state index in [1.807, 2.05) is 6.92 Å². The third-order valence-corrected chi connectivity index (χ3v) is 3.34. The third kappa shape index (κ3) is 2.47. The van der Waals surface area contributed by atoms with Crippen LogP contribution >= 0.6 is 11.3 Å². The van der Waals surface area contributed by atoms with Gasteiger partial charge in [-0.2, -0.15) is 0 Å². The molecule has 5 heteroatoms. The summed E-state index contributed by atoms with van der Waals surface area (Å²) in [6.45, 7) is 2.85. The molecular weight excluding hydrogens is 212 g/mol. The van der Waals surface area contributed by atoms with E-state index in [1.165, 1.54) is 31.3 Å². The summed E-state index contributed by atoms with van der Waals surface area (Å²) in [5, 5.41) is 4.07. The van der Waals surface area contributed by atoms with E-state index < -0.39 is 0 Å². The minimum atomic E-state index is -0.358. The first-order valence-electron chi connectivity index (χ1n) is 5.00. The number of thiazole rings is 1. The number of nitrogens with zero attached hydrogens (tertiary/aromatic N) is 1. The van der Waals surface area contributed by atoms with Crippen LogP contribution in [0, 0.1) is 12.8 Å². The van der Waals surface area contributed by atoms with E-state index in [0.29, 0.717) is 5.69 Å². The Kier molecular flexibility index (Phi) is 2.90. The number of carbonyl (C=O) groups excluding carboxylic acids is 1. The summed E-state index contributed by atoms with van der Waals surface area (Å²) in [6, 6.07) is 0. The molecule has 0 bridgehead atoms. The van der Waals surface area contributed by atoms with E-state index >= 15 is 0 Å². The summed E-state index contributed by atoms with van der Waals surface area (Å²) in [6.07, 6.45) is 2.61. The van der Waals surface area contributed by atoms with E-state index in [2.05, 4.69) is 15.0 Å².